The van der Waals surface area contributed by atoms with Crippen LogP contribution in [0.5, 0.6) is 0 Å². The molecule has 1 N–H and O–H groups in total. The second kappa shape index (κ2) is 4.11. The highest BCUT2D eigenvalue weighted by Gasteiger charge is 2.30. The second-order valence-corrected chi connectivity index (χ2v) is 4.65. The van der Waals surface area contributed by atoms with Crippen molar-refractivity contribution < 1.29 is 13.2 Å². The van der Waals surface area contributed by atoms with Gasteiger partial charge in [0.15, 0.2) is 0 Å². The van der Waals surface area contributed by atoms with E-state index in [0.717, 1.165) is 17.0 Å². The topological polar surface area (TPSA) is 12.0 Å². The fraction of sp³-hybridized carbons (Fsp3) is 0.111. The third-order valence-corrected chi connectivity index (χ3v) is 3.63. The summed E-state index contributed by atoms with van der Waals surface area (Å²) in [6, 6.07) is 5.32. The van der Waals surface area contributed by atoms with Crippen LogP contribution in [0.3, 0.4) is 0 Å². The number of alkyl halides is 3. The summed E-state index contributed by atoms with van der Waals surface area (Å²) >= 11 is 2.68. The molecule has 2 rings (SSSR count). The SMILES string of the molecule is FC(F)(F)c1cccc(C2=CSNS2)c1. The van der Waals surface area contributed by atoms with Crippen LogP contribution >= 0.6 is 23.9 Å². The fourth-order valence-corrected chi connectivity index (χ4v) is 2.72. The Morgan fingerprint density at radius 1 is 1.20 bits per heavy atom. The summed E-state index contributed by atoms with van der Waals surface area (Å²) in [5, 5.41) is 1.79. The molecule has 1 aromatic rings. The molecule has 0 amide bonds. The van der Waals surface area contributed by atoms with Gasteiger partial charge < -0.3 is 0 Å². The van der Waals surface area contributed by atoms with Crippen LogP contribution in [0.4, 0.5) is 13.2 Å². The Kier molecular flexibility index (Phi) is 2.99. The van der Waals surface area contributed by atoms with Gasteiger partial charge in [-0.15, -0.1) is 0 Å². The third kappa shape index (κ3) is 2.50. The van der Waals surface area contributed by atoms with Gasteiger partial charge in [-0.1, -0.05) is 12.1 Å². The predicted molar refractivity (Wildman–Crippen MR) is 57.7 cm³/mol. The number of benzene rings is 1. The lowest BCUT2D eigenvalue weighted by Gasteiger charge is -2.08. The molecule has 6 heteroatoms. The van der Waals surface area contributed by atoms with Gasteiger partial charge in [-0.05, 0) is 41.6 Å². The minimum atomic E-state index is -4.28. The molecule has 0 atom stereocenters. The van der Waals surface area contributed by atoms with Crippen molar-refractivity contribution in [3.05, 3.63) is 40.8 Å². The number of halogens is 3. The molecule has 0 radical (unpaired) electrons. The lowest BCUT2D eigenvalue weighted by atomic mass is 10.1. The van der Waals surface area contributed by atoms with Gasteiger partial charge >= 0.3 is 6.18 Å². The van der Waals surface area contributed by atoms with Crippen LogP contribution in [-0.4, -0.2) is 0 Å². The molecule has 0 aromatic heterocycles. The first-order chi connectivity index (χ1) is 7.07. The molecule has 0 spiro atoms. The van der Waals surface area contributed by atoms with Crippen LogP contribution in [0.25, 0.3) is 4.91 Å². The first kappa shape index (κ1) is 10.9. The molecule has 1 heterocycles. The van der Waals surface area contributed by atoms with E-state index in [1.165, 1.54) is 30.0 Å². The van der Waals surface area contributed by atoms with Gasteiger partial charge in [0.2, 0.25) is 0 Å². The number of hydrogen-bond donors (Lipinski definition) is 1. The lowest BCUT2D eigenvalue weighted by molar-refractivity contribution is -0.137. The van der Waals surface area contributed by atoms with E-state index in [4.69, 9.17) is 0 Å². The number of hydrogen-bond acceptors (Lipinski definition) is 3. The average molecular weight is 249 g/mol. The highest BCUT2D eigenvalue weighted by Crippen LogP contribution is 2.37. The van der Waals surface area contributed by atoms with E-state index in [9.17, 15) is 13.2 Å². The Labute approximate surface area is 93.4 Å². The Balaban J connectivity index is 2.34. The van der Waals surface area contributed by atoms with E-state index in [-0.39, 0.29) is 0 Å². The Bertz CT molecular complexity index is 401. The second-order valence-electron chi connectivity index (χ2n) is 2.86. The summed E-state index contributed by atoms with van der Waals surface area (Å²) in [6.07, 6.45) is -4.28. The molecule has 80 valence electrons. The van der Waals surface area contributed by atoms with E-state index in [2.05, 4.69) is 4.13 Å². The Morgan fingerprint density at radius 2 is 2.00 bits per heavy atom. The summed E-state index contributed by atoms with van der Waals surface area (Å²) in [6.45, 7) is 0. The highest BCUT2D eigenvalue weighted by molar-refractivity contribution is 8.22. The van der Waals surface area contributed by atoms with Crippen molar-refractivity contribution >= 4 is 28.8 Å². The zero-order chi connectivity index (χ0) is 10.9. The van der Waals surface area contributed by atoms with Crippen molar-refractivity contribution in [1.29, 1.82) is 0 Å². The molecule has 1 aromatic carbocycles. The summed E-state index contributed by atoms with van der Waals surface area (Å²) in [5.74, 6) is 0. The van der Waals surface area contributed by atoms with Crippen LogP contribution < -0.4 is 4.13 Å². The molecule has 0 aliphatic carbocycles. The maximum absolute atomic E-state index is 12.4. The predicted octanol–water partition coefficient (Wildman–Crippen LogP) is 3.90. The fourth-order valence-electron chi connectivity index (χ4n) is 1.15. The molecular weight excluding hydrogens is 243 g/mol. The standard InChI is InChI=1S/C9H6F3NS2/c10-9(11,12)7-3-1-2-6(4-7)8-5-14-13-15-8/h1-5,13H. The van der Waals surface area contributed by atoms with E-state index < -0.39 is 11.7 Å². The van der Waals surface area contributed by atoms with Crippen LogP contribution in [0, 0.1) is 0 Å². The summed E-state index contributed by atoms with van der Waals surface area (Å²) < 4.78 is 40.1. The van der Waals surface area contributed by atoms with E-state index in [1.54, 1.807) is 11.5 Å². The van der Waals surface area contributed by atoms with Crippen molar-refractivity contribution in [3.63, 3.8) is 0 Å². The van der Waals surface area contributed by atoms with E-state index in [0.29, 0.717) is 5.56 Å². The highest BCUT2D eigenvalue weighted by atomic mass is 32.2. The average Bonchev–Trinajstić information content (AvgIpc) is 2.69. The summed E-state index contributed by atoms with van der Waals surface area (Å²) in [7, 11) is 0. The van der Waals surface area contributed by atoms with Crippen molar-refractivity contribution in [2.24, 2.45) is 0 Å². The van der Waals surface area contributed by atoms with Crippen molar-refractivity contribution in [3.8, 4) is 0 Å². The maximum atomic E-state index is 12.4. The van der Waals surface area contributed by atoms with Crippen LogP contribution in [0.2, 0.25) is 0 Å². The quantitative estimate of drug-likeness (QED) is 0.758. The van der Waals surface area contributed by atoms with Crippen LogP contribution in [-0.2, 0) is 6.18 Å². The largest absolute Gasteiger partial charge is 0.416 e. The molecule has 1 nitrogen and oxygen atoms in total. The Hall–Kier alpha value is -0.590. The van der Waals surface area contributed by atoms with E-state index >= 15 is 0 Å². The summed E-state index contributed by atoms with van der Waals surface area (Å²) in [5.41, 5.74) is -0.0225. The van der Waals surface area contributed by atoms with Gasteiger partial charge in [-0.25, -0.2) is 0 Å². The first-order valence-electron chi connectivity index (χ1n) is 4.03. The normalized spacial score (nSPS) is 16.6. The molecule has 0 saturated carbocycles. The van der Waals surface area contributed by atoms with Gasteiger partial charge in [-0.2, -0.15) is 17.3 Å². The van der Waals surface area contributed by atoms with Crippen molar-refractivity contribution in [2.45, 2.75) is 6.18 Å². The smallest absolute Gasteiger partial charge is 0.200 e. The van der Waals surface area contributed by atoms with Gasteiger partial charge in [-0.3, -0.25) is 0 Å². The monoisotopic (exact) mass is 249 g/mol. The lowest BCUT2D eigenvalue weighted by Crippen LogP contribution is -2.04. The van der Waals surface area contributed by atoms with Gasteiger partial charge in [0, 0.05) is 10.3 Å². The zero-order valence-electron chi connectivity index (χ0n) is 7.34. The number of nitrogens with one attached hydrogen (secondary N) is 1. The molecule has 0 saturated heterocycles. The molecule has 1 aliphatic heterocycles. The van der Waals surface area contributed by atoms with Gasteiger partial charge in [0.25, 0.3) is 0 Å². The van der Waals surface area contributed by atoms with Gasteiger partial charge in [0.1, 0.15) is 0 Å². The molecular formula is C9H6F3NS2. The minimum absolute atomic E-state index is 0.590. The molecule has 0 unspecified atom stereocenters. The minimum Gasteiger partial charge on any atom is -0.200 e. The van der Waals surface area contributed by atoms with Crippen LogP contribution in [0.1, 0.15) is 11.1 Å². The van der Waals surface area contributed by atoms with E-state index in [1.807, 2.05) is 0 Å². The Morgan fingerprint density at radius 3 is 2.60 bits per heavy atom. The first-order valence-corrected chi connectivity index (χ1v) is 5.72. The number of rotatable bonds is 1. The van der Waals surface area contributed by atoms with Crippen molar-refractivity contribution in [2.75, 3.05) is 0 Å². The van der Waals surface area contributed by atoms with Crippen molar-refractivity contribution in [1.82, 2.24) is 4.13 Å². The van der Waals surface area contributed by atoms with Crippen LogP contribution in [0.15, 0.2) is 29.7 Å². The molecule has 15 heavy (non-hydrogen) atoms. The summed E-state index contributed by atoms with van der Waals surface area (Å²) in [4.78, 5) is 0.811. The molecule has 0 fully saturated rings. The maximum Gasteiger partial charge on any atom is 0.416 e. The molecule has 1 aliphatic rings. The van der Waals surface area contributed by atoms with Gasteiger partial charge in [0.05, 0.1) is 5.56 Å². The molecule has 0 bridgehead atoms. The third-order valence-electron chi connectivity index (χ3n) is 1.84. The zero-order valence-corrected chi connectivity index (χ0v) is 8.97.